The zero-order valence-electron chi connectivity index (χ0n) is 9.77. The van der Waals surface area contributed by atoms with Crippen LogP contribution in [0.15, 0.2) is 41.1 Å². The van der Waals surface area contributed by atoms with Gasteiger partial charge in [-0.1, -0.05) is 6.07 Å². The molecule has 3 N–H and O–H groups in total. The van der Waals surface area contributed by atoms with E-state index in [2.05, 4.69) is 26.2 Å². The Labute approximate surface area is 113 Å². The highest BCUT2D eigenvalue weighted by Crippen LogP contribution is 2.20. The molecule has 0 unspecified atom stereocenters. The first-order valence-electron chi connectivity index (χ1n) is 5.36. The van der Waals surface area contributed by atoms with E-state index in [1.54, 1.807) is 30.5 Å². The van der Waals surface area contributed by atoms with Crippen LogP contribution in [-0.2, 0) is 0 Å². The lowest BCUT2D eigenvalue weighted by molar-refractivity contribution is 0.102. The minimum Gasteiger partial charge on any atom is -0.398 e. The summed E-state index contributed by atoms with van der Waals surface area (Å²) in [6, 6.07) is 8.75. The number of pyridine rings is 1. The summed E-state index contributed by atoms with van der Waals surface area (Å²) in [4.78, 5) is 16.0. The number of nitrogen functional groups attached to an aromatic ring is 1. The Morgan fingerprint density at radius 1 is 1.39 bits per heavy atom. The van der Waals surface area contributed by atoms with Gasteiger partial charge in [0.05, 0.1) is 5.69 Å². The van der Waals surface area contributed by atoms with Crippen molar-refractivity contribution in [3.8, 4) is 0 Å². The highest BCUT2D eigenvalue weighted by molar-refractivity contribution is 9.10. The van der Waals surface area contributed by atoms with Crippen molar-refractivity contribution in [2.75, 3.05) is 11.1 Å². The highest BCUT2D eigenvalue weighted by Gasteiger charge is 2.09. The maximum absolute atomic E-state index is 12.0. The average Bonchev–Trinajstić information content (AvgIpc) is 2.35. The number of hydrogen-bond donors (Lipinski definition) is 2. The van der Waals surface area contributed by atoms with Gasteiger partial charge in [-0.3, -0.25) is 4.79 Å². The molecule has 4 nitrogen and oxygen atoms in total. The summed E-state index contributed by atoms with van der Waals surface area (Å²) < 4.78 is 0.596. The molecular weight excluding hydrogens is 294 g/mol. The smallest absolute Gasteiger partial charge is 0.255 e. The van der Waals surface area contributed by atoms with E-state index in [1.165, 1.54) is 0 Å². The molecule has 0 aliphatic heterocycles. The molecule has 0 bridgehead atoms. The van der Waals surface area contributed by atoms with E-state index in [1.807, 2.05) is 13.0 Å². The molecule has 2 aromatic rings. The lowest BCUT2D eigenvalue weighted by Gasteiger charge is -2.08. The van der Waals surface area contributed by atoms with Gasteiger partial charge in [-0.25, -0.2) is 4.98 Å². The minimum atomic E-state index is -0.213. The molecule has 2 rings (SSSR count). The summed E-state index contributed by atoms with van der Waals surface area (Å²) in [6.07, 6.45) is 1.64. The number of anilines is 2. The Morgan fingerprint density at radius 3 is 2.83 bits per heavy atom. The third kappa shape index (κ3) is 2.68. The molecule has 0 radical (unpaired) electrons. The first-order valence-corrected chi connectivity index (χ1v) is 6.15. The molecular formula is C13H12BrN3O. The number of nitrogens with two attached hydrogens (primary N) is 1. The number of amides is 1. The van der Waals surface area contributed by atoms with E-state index >= 15 is 0 Å². The molecule has 18 heavy (non-hydrogen) atoms. The topological polar surface area (TPSA) is 68.0 Å². The van der Waals surface area contributed by atoms with Crippen LogP contribution >= 0.6 is 15.9 Å². The summed E-state index contributed by atoms with van der Waals surface area (Å²) in [6.45, 7) is 1.90. The van der Waals surface area contributed by atoms with Crippen LogP contribution in [0.4, 0.5) is 11.4 Å². The number of nitrogens with zero attached hydrogens (tertiary/aromatic N) is 1. The van der Waals surface area contributed by atoms with Crippen LogP contribution in [0.1, 0.15) is 15.9 Å². The largest absolute Gasteiger partial charge is 0.398 e. The van der Waals surface area contributed by atoms with Crippen LogP contribution in [0.5, 0.6) is 0 Å². The van der Waals surface area contributed by atoms with Gasteiger partial charge in [0.2, 0.25) is 0 Å². The number of carbonyl (C=O) groups is 1. The summed E-state index contributed by atoms with van der Waals surface area (Å²) in [5, 5.41) is 2.77. The predicted octanol–water partition coefficient (Wildman–Crippen LogP) is 2.99. The van der Waals surface area contributed by atoms with Crippen LogP contribution in [-0.4, -0.2) is 10.9 Å². The van der Waals surface area contributed by atoms with E-state index in [4.69, 9.17) is 5.73 Å². The normalized spacial score (nSPS) is 10.1. The third-order valence-corrected chi connectivity index (χ3v) is 3.18. The fourth-order valence-electron chi connectivity index (χ4n) is 1.46. The Bertz CT molecular complexity index is 599. The number of benzene rings is 1. The van der Waals surface area contributed by atoms with E-state index in [0.29, 0.717) is 21.5 Å². The zero-order chi connectivity index (χ0) is 13.1. The molecule has 5 heteroatoms. The number of carbonyl (C=O) groups excluding carboxylic acids is 1. The van der Waals surface area contributed by atoms with E-state index in [-0.39, 0.29) is 5.91 Å². The van der Waals surface area contributed by atoms with Crippen LogP contribution in [0.2, 0.25) is 0 Å². The molecule has 92 valence electrons. The number of halogens is 1. The van der Waals surface area contributed by atoms with Gasteiger partial charge in [-0.05, 0) is 52.7 Å². The molecule has 0 aliphatic rings. The maximum atomic E-state index is 12.0. The van der Waals surface area contributed by atoms with Crippen LogP contribution in [0.25, 0.3) is 0 Å². The Kier molecular flexibility index (Phi) is 3.62. The Hall–Kier alpha value is -1.88. The van der Waals surface area contributed by atoms with Gasteiger partial charge in [-0.15, -0.1) is 0 Å². The number of hydrogen-bond acceptors (Lipinski definition) is 3. The van der Waals surface area contributed by atoms with Crippen molar-refractivity contribution in [1.82, 2.24) is 4.98 Å². The quantitative estimate of drug-likeness (QED) is 0.662. The number of rotatable bonds is 2. The monoisotopic (exact) mass is 305 g/mol. The van der Waals surface area contributed by atoms with Crippen LogP contribution < -0.4 is 11.1 Å². The SMILES string of the molecule is Cc1ccc(C(=O)Nc2cccnc2Br)cc1N. The van der Waals surface area contributed by atoms with Gasteiger partial charge in [0.1, 0.15) is 4.60 Å². The summed E-state index contributed by atoms with van der Waals surface area (Å²) in [7, 11) is 0. The Balaban J connectivity index is 2.22. The van der Waals surface area contributed by atoms with Gasteiger partial charge >= 0.3 is 0 Å². The van der Waals surface area contributed by atoms with Gasteiger partial charge < -0.3 is 11.1 Å². The zero-order valence-corrected chi connectivity index (χ0v) is 11.4. The third-order valence-electron chi connectivity index (χ3n) is 2.55. The summed E-state index contributed by atoms with van der Waals surface area (Å²) in [5.41, 5.74) is 8.49. The first-order chi connectivity index (χ1) is 8.58. The molecule has 0 saturated heterocycles. The summed E-state index contributed by atoms with van der Waals surface area (Å²) >= 11 is 3.27. The standard InChI is InChI=1S/C13H12BrN3O/c1-8-4-5-9(7-10(8)15)13(18)17-11-3-2-6-16-12(11)14/h2-7H,15H2,1H3,(H,17,18). The van der Waals surface area contributed by atoms with Gasteiger partial charge in [0, 0.05) is 17.4 Å². The molecule has 0 fully saturated rings. The van der Waals surface area contributed by atoms with Gasteiger partial charge in [-0.2, -0.15) is 0 Å². The minimum absolute atomic E-state index is 0.213. The van der Waals surface area contributed by atoms with Crippen molar-refractivity contribution in [3.05, 3.63) is 52.3 Å². The maximum Gasteiger partial charge on any atom is 0.255 e. The molecule has 1 aromatic heterocycles. The fraction of sp³-hybridized carbons (Fsp3) is 0.0769. The Morgan fingerprint density at radius 2 is 2.17 bits per heavy atom. The lowest BCUT2D eigenvalue weighted by Crippen LogP contribution is -2.13. The highest BCUT2D eigenvalue weighted by atomic mass is 79.9. The van der Waals surface area contributed by atoms with E-state index < -0.39 is 0 Å². The molecule has 0 saturated carbocycles. The fourth-order valence-corrected chi connectivity index (χ4v) is 1.80. The van der Waals surface area contributed by atoms with E-state index in [9.17, 15) is 4.79 Å². The number of aromatic nitrogens is 1. The van der Waals surface area contributed by atoms with E-state index in [0.717, 1.165) is 5.56 Å². The van der Waals surface area contributed by atoms with Gasteiger partial charge in [0.15, 0.2) is 0 Å². The van der Waals surface area contributed by atoms with Crippen molar-refractivity contribution in [2.45, 2.75) is 6.92 Å². The van der Waals surface area contributed by atoms with Crippen LogP contribution in [0, 0.1) is 6.92 Å². The predicted molar refractivity (Wildman–Crippen MR) is 75.5 cm³/mol. The average molecular weight is 306 g/mol. The number of aryl methyl sites for hydroxylation is 1. The second kappa shape index (κ2) is 5.18. The van der Waals surface area contributed by atoms with Crippen molar-refractivity contribution in [2.24, 2.45) is 0 Å². The van der Waals surface area contributed by atoms with Crippen molar-refractivity contribution >= 4 is 33.2 Å². The molecule has 0 aliphatic carbocycles. The lowest BCUT2D eigenvalue weighted by atomic mass is 10.1. The molecule has 1 amide bonds. The van der Waals surface area contributed by atoms with Gasteiger partial charge in [0.25, 0.3) is 5.91 Å². The molecule has 0 spiro atoms. The molecule has 0 atom stereocenters. The van der Waals surface area contributed by atoms with Crippen molar-refractivity contribution in [1.29, 1.82) is 0 Å². The summed E-state index contributed by atoms with van der Waals surface area (Å²) in [5.74, 6) is -0.213. The van der Waals surface area contributed by atoms with Crippen molar-refractivity contribution in [3.63, 3.8) is 0 Å². The molecule has 1 aromatic carbocycles. The number of nitrogens with one attached hydrogen (secondary N) is 1. The second-order valence-corrected chi connectivity index (χ2v) is 4.62. The van der Waals surface area contributed by atoms with Crippen molar-refractivity contribution < 1.29 is 4.79 Å². The van der Waals surface area contributed by atoms with Crippen LogP contribution in [0.3, 0.4) is 0 Å². The first kappa shape index (κ1) is 12.6. The molecule has 1 heterocycles. The second-order valence-electron chi connectivity index (χ2n) is 3.87.